The van der Waals surface area contributed by atoms with Gasteiger partial charge in [-0.2, -0.15) is 0 Å². The van der Waals surface area contributed by atoms with Crippen LogP contribution in [-0.4, -0.2) is 11.0 Å². The van der Waals surface area contributed by atoms with Crippen LogP contribution in [-0.2, 0) is 13.2 Å². The summed E-state index contributed by atoms with van der Waals surface area (Å²) in [6.07, 6.45) is 4.41. The normalized spacial score (nSPS) is 14.2. The third-order valence-electron chi connectivity index (χ3n) is 3.60. The molecule has 0 unspecified atom stereocenters. The van der Waals surface area contributed by atoms with Crippen molar-refractivity contribution in [2.24, 2.45) is 0 Å². The number of benzene rings is 1. The predicted octanol–water partition coefficient (Wildman–Crippen LogP) is 3.22. The highest BCUT2D eigenvalue weighted by molar-refractivity contribution is 5.26. The topological polar surface area (TPSA) is 34.1 Å². The quantitative estimate of drug-likeness (QED) is 0.873. The first-order valence-corrected chi connectivity index (χ1v) is 7.17. The van der Waals surface area contributed by atoms with Crippen molar-refractivity contribution in [3.63, 3.8) is 0 Å². The fourth-order valence-electron chi connectivity index (χ4n) is 2.07. The van der Waals surface area contributed by atoms with Gasteiger partial charge >= 0.3 is 0 Å². The van der Waals surface area contributed by atoms with Crippen LogP contribution in [0.4, 0.5) is 0 Å². The molecular weight excluding hydrogens is 248 g/mol. The molecule has 20 heavy (non-hydrogen) atoms. The van der Waals surface area contributed by atoms with Crippen LogP contribution in [0.25, 0.3) is 0 Å². The largest absolute Gasteiger partial charge is 0.487 e. The van der Waals surface area contributed by atoms with E-state index in [1.54, 1.807) is 0 Å². The lowest BCUT2D eigenvalue weighted by molar-refractivity contribution is 0.304. The number of aryl methyl sites for hydroxylation is 1. The molecule has 104 valence electrons. The number of hydrogen-bond acceptors (Lipinski definition) is 3. The first kappa shape index (κ1) is 13.1. The second kappa shape index (κ2) is 6.06. The van der Waals surface area contributed by atoms with E-state index in [9.17, 15) is 0 Å². The van der Waals surface area contributed by atoms with Crippen molar-refractivity contribution in [1.29, 1.82) is 0 Å². The Bertz CT molecular complexity index is 561. The molecule has 1 saturated carbocycles. The van der Waals surface area contributed by atoms with Crippen LogP contribution < -0.4 is 10.1 Å². The molecule has 3 heteroatoms. The third kappa shape index (κ3) is 3.58. The molecule has 3 rings (SSSR count). The lowest BCUT2D eigenvalue weighted by atomic mass is 10.1. The summed E-state index contributed by atoms with van der Waals surface area (Å²) >= 11 is 0. The van der Waals surface area contributed by atoms with E-state index < -0.39 is 0 Å². The molecule has 0 atom stereocenters. The van der Waals surface area contributed by atoms with Gasteiger partial charge in [-0.3, -0.25) is 4.98 Å². The van der Waals surface area contributed by atoms with Crippen molar-refractivity contribution < 1.29 is 4.74 Å². The number of nitrogens with one attached hydrogen (secondary N) is 1. The Hall–Kier alpha value is -1.87. The average molecular weight is 268 g/mol. The third-order valence-corrected chi connectivity index (χ3v) is 3.60. The van der Waals surface area contributed by atoms with Crippen LogP contribution in [0.1, 0.15) is 29.7 Å². The van der Waals surface area contributed by atoms with Gasteiger partial charge in [0, 0.05) is 12.6 Å². The van der Waals surface area contributed by atoms with Gasteiger partial charge in [0.2, 0.25) is 0 Å². The highest BCUT2D eigenvalue weighted by Gasteiger charge is 2.19. The second-order valence-corrected chi connectivity index (χ2v) is 5.36. The molecule has 0 spiro atoms. The fourth-order valence-corrected chi connectivity index (χ4v) is 2.07. The smallest absolute Gasteiger partial charge is 0.138 e. The Labute approximate surface area is 120 Å². The van der Waals surface area contributed by atoms with Gasteiger partial charge in [-0.25, -0.2) is 0 Å². The zero-order valence-electron chi connectivity index (χ0n) is 11.8. The van der Waals surface area contributed by atoms with Crippen molar-refractivity contribution in [2.45, 2.75) is 39.0 Å². The Morgan fingerprint density at radius 3 is 2.75 bits per heavy atom. The number of hydrogen-bond donors (Lipinski definition) is 1. The van der Waals surface area contributed by atoms with Gasteiger partial charge in [0.1, 0.15) is 12.4 Å². The van der Waals surface area contributed by atoms with Crippen LogP contribution >= 0.6 is 0 Å². The summed E-state index contributed by atoms with van der Waals surface area (Å²) < 4.78 is 5.78. The molecule has 0 amide bonds. The molecule has 0 bridgehead atoms. The van der Waals surface area contributed by atoms with E-state index in [0.29, 0.717) is 12.6 Å². The lowest BCUT2D eigenvalue weighted by Gasteiger charge is -2.09. The molecule has 0 radical (unpaired) electrons. The van der Waals surface area contributed by atoms with E-state index in [0.717, 1.165) is 18.0 Å². The summed E-state index contributed by atoms with van der Waals surface area (Å²) in [6.45, 7) is 3.54. The monoisotopic (exact) mass is 268 g/mol. The standard InChI is InChI=1S/C17H20N2O/c1-13-4-2-3-5-14(13)12-20-17-9-8-16(19-11-17)10-18-15-6-7-15/h2-5,8-9,11,15,18H,6-7,10,12H2,1H3. The highest BCUT2D eigenvalue weighted by Crippen LogP contribution is 2.19. The molecule has 1 aliphatic carbocycles. The minimum Gasteiger partial charge on any atom is -0.487 e. The maximum absolute atomic E-state index is 5.78. The Morgan fingerprint density at radius 1 is 1.20 bits per heavy atom. The summed E-state index contributed by atoms with van der Waals surface area (Å²) in [7, 11) is 0. The molecular formula is C17H20N2O. The van der Waals surface area contributed by atoms with Gasteiger partial charge in [0.05, 0.1) is 11.9 Å². The summed E-state index contributed by atoms with van der Waals surface area (Å²) in [4.78, 5) is 4.43. The van der Waals surface area contributed by atoms with E-state index in [1.807, 2.05) is 30.5 Å². The zero-order valence-corrected chi connectivity index (χ0v) is 11.8. The van der Waals surface area contributed by atoms with Crippen LogP contribution in [0.15, 0.2) is 42.6 Å². The molecule has 1 aromatic heterocycles. The molecule has 1 aliphatic rings. The molecule has 0 aliphatic heterocycles. The van der Waals surface area contributed by atoms with Gasteiger partial charge in [0.25, 0.3) is 0 Å². The minimum atomic E-state index is 0.591. The van der Waals surface area contributed by atoms with Crippen molar-refractivity contribution in [1.82, 2.24) is 10.3 Å². The van der Waals surface area contributed by atoms with E-state index in [-0.39, 0.29) is 0 Å². The lowest BCUT2D eigenvalue weighted by Crippen LogP contribution is -2.16. The van der Waals surface area contributed by atoms with Gasteiger partial charge < -0.3 is 10.1 Å². The Kier molecular flexibility index (Phi) is 3.97. The zero-order chi connectivity index (χ0) is 13.8. The van der Waals surface area contributed by atoms with Crippen LogP contribution in [0.5, 0.6) is 5.75 Å². The highest BCUT2D eigenvalue weighted by atomic mass is 16.5. The van der Waals surface area contributed by atoms with Crippen molar-refractivity contribution in [3.05, 3.63) is 59.4 Å². The van der Waals surface area contributed by atoms with Gasteiger partial charge in [0.15, 0.2) is 0 Å². The molecule has 2 aromatic rings. The molecule has 1 aromatic carbocycles. The molecule has 3 nitrogen and oxygen atoms in total. The number of rotatable bonds is 6. The van der Waals surface area contributed by atoms with Crippen LogP contribution in [0, 0.1) is 6.92 Å². The van der Waals surface area contributed by atoms with Gasteiger partial charge in [-0.05, 0) is 43.0 Å². The SMILES string of the molecule is Cc1ccccc1COc1ccc(CNC2CC2)nc1. The average Bonchev–Trinajstić information content (AvgIpc) is 3.30. The van der Waals surface area contributed by atoms with E-state index in [1.165, 1.54) is 24.0 Å². The molecule has 0 saturated heterocycles. The van der Waals surface area contributed by atoms with Crippen molar-refractivity contribution in [3.8, 4) is 5.75 Å². The maximum Gasteiger partial charge on any atom is 0.138 e. The van der Waals surface area contributed by atoms with E-state index in [4.69, 9.17) is 4.74 Å². The number of nitrogens with zero attached hydrogens (tertiary/aromatic N) is 1. The minimum absolute atomic E-state index is 0.591. The van der Waals surface area contributed by atoms with Crippen LogP contribution in [0.2, 0.25) is 0 Å². The molecule has 1 N–H and O–H groups in total. The van der Waals surface area contributed by atoms with Crippen LogP contribution in [0.3, 0.4) is 0 Å². The first-order valence-electron chi connectivity index (χ1n) is 7.17. The summed E-state index contributed by atoms with van der Waals surface area (Å²) in [6, 6.07) is 13.0. The first-order chi connectivity index (χ1) is 9.81. The maximum atomic E-state index is 5.78. The van der Waals surface area contributed by atoms with E-state index >= 15 is 0 Å². The molecule has 1 fully saturated rings. The fraction of sp³-hybridized carbons (Fsp3) is 0.353. The Balaban J connectivity index is 1.53. The number of pyridine rings is 1. The van der Waals surface area contributed by atoms with Crippen molar-refractivity contribution in [2.75, 3.05) is 0 Å². The van der Waals surface area contributed by atoms with Crippen molar-refractivity contribution >= 4 is 0 Å². The van der Waals surface area contributed by atoms with Gasteiger partial charge in [-0.1, -0.05) is 24.3 Å². The molecule has 1 heterocycles. The Morgan fingerprint density at radius 2 is 2.05 bits per heavy atom. The predicted molar refractivity (Wildman–Crippen MR) is 79.6 cm³/mol. The number of aromatic nitrogens is 1. The number of ether oxygens (including phenoxy) is 1. The summed E-state index contributed by atoms with van der Waals surface area (Å²) in [5, 5.41) is 3.45. The second-order valence-electron chi connectivity index (χ2n) is 5.36. The summed E-state index contributed by atoms with van der Waals surface area (Å²) in [5.41, 5.74) is 3.54. The van der Waals surface area contributed by atoms with E-state index in [2.05, 4.69) is 29.4 Å². The van der Waals surface area contributed by atoms with Gasteiger partial charge in [-0.15, -0.1) is 0 Å². The summed E-state index contributed by atoms with van der Waals surface area (Å²) in [5.74, 6) is 0.823.